The largest absolute Gasteiger partial charge is 0.369 e. The lowest BCUT2D eigenvalue weighted by Crippen LogP contribution is -2.51. The highest BCUT2D eigenvalue weighted by Crippen LogP contribution is 2.35. The number of rotatable bonds is 5. The molecule has 1 unspecified atom stereocenters. The fourth-order valence-corrected chi connectivity index (χ4v) is 2.78. The first-order valence-corrected chi connectivity index (χ1v) is 6.98. The molecule has 2 rings (SSSR count). The summed E-state index contributed by atoms with van der Waals surface area (Å²) in [6.07, 6.45) is 4.25. The van der Waals surface area contributed by atoms with Crippen LogP contribution in [-0.4, -0.2) is 18.0 Å². The monoisotopic (exact) mass is 263 g/mol. The molecule has 0 saturated heterocycles. The molecule has 1 aliphatic heterocycles. The van der Waals surface area contributed by atoms with Gasteiger partial charge in [0.1, 0.15) is 5.82 Å². The minimum absolute atomic E-state index is 0.0894. The fraction of sp³-hybridized carbons (Fsp3) is 0.533. The van der Waals surface area contributed by atoms with Crippen molar-refractivity contribution in [1.82, 2.24) is 0 Å². The summed E-state index contributed by atoms with van der Waals surface area (Å²) in [6, 6.07) is 6.60. The van der Waals surface area contributed by atoms with Gasteiger partial charge < -0.3 is 10.6 Å². The Labute approximate surface area is 114 Å². The minimum Gasteiger partial charge on any atom is -0.369 e. The van der Waals surface area contributed by atoms with Crippen molar-refractivity contribution in [2.45, 2.75) is 45.1 Å². The van der Waals surface area contributed by atoms with E-state index in [0.717, 1.165) is 31.4 Å². The van der Waals surface area contributed by atoms with E-state index < -0.39 is 0 Å². The standard InChI is InChI=1S/C15H22FN3/c1-3-5-9-15(4-2)11-18-14(17)19(15)13-8-6-7-12(16)10-13/h6-8,10H,3-5,9,11H2,1-2H3,(H2,17,18). The Hall–Kier alpha value is -1.58. The topological polar surface area (TPSA) is 41.6 Å². The van der Waals surface area contributed by atoms with Gasteiger partial charge in [-0.2, -0.15) is 0 Å². The maximum absolute atomic E-state index is 13.4. The van der Waals surface area contributed by atoms with Gasteiger partial charge in [0.05, 0.1) is 12.1 Å². The quantitative estimate of drug-likeness (QED) is 0.885. The van der Waals surface area contributed by atoms with Gasteiger partial charge in [0, 0.05) is 5.69 Å². The fourth-order valence-electron chi connectivity index (χ4n) is 2.78. The number of hydrogen-bond acceptors (Lipinski definition) is 3. The molecule has 4 heteroatoms. The van der Waals surface area contributed by atoms with E-state index in [9.17, 15) is 4.39 Å². The zero-order chi connectivity index (χ0) is 13.9. The van der Waals surface area contributed by atoms with Crippen LogP contribution in [0.3, 0.4) is 0 Å². The van der Waals surface area contributed by atoms with Crippen LogP contribution in [-0.2, 0) is 0 Å². The van der Waals surface area contributed by atoms with Crippen LogP contribution in [0.1, 0.15) is 39.5 Å². The molecule has 1 aromatic carbocycles. The molecule has 3 nitrogen and oxygen atoms in total. The third-order valence-corrected chi connectivity index (χ3v) is 3.96. The molecule has 0 bridgehead atoms. The molecular formula is C15H22FN3. The van der Waals surface area contributed by atoms with Crippen molar-refractivity contribution in [3.05, 3.63) is 30.1 Å². The number of nitrogens with two attached hydrogens (primary N) is 1. The average molecular weight is 263 g/mol. The van der Waals surface area contributed by atoms with E-state index >= 15 is 0 Å². The van der Waals surface area contributed by atoms with E-state index in [-0.39, 0.29) is 11.4 Å². The summed E-state index contributed by atoms with van der Waals surface area (Å²) in [7, 11) is 0. The molecule has 0 aromatic heterocycles. The van der Waals surface area contributed by atoms with Gasteiger partial charge >= 0.3 is 0 Å². The maximum Gasteiger partial charge on any atom is 0.196 e. The molecule has 0 spiro atoms. The van der Waals surface area contributed by atoms with Crippen molar-refractivity contribution >= 4 is 11.6 Å². The molecule has 1 aliphatic rings. The lowest BCUT2D eigenvalue weighted by atomic mass is 9.88. The van der Waals surface area contributed by atoms with Crippen LogP contribution >= 0.6 is 0 Å². The number of unbranched alkanes of at least 4 members (excludes halogenated alkanes) is 1. The Morgan fingerprint density at radius 2 is 2.21 bits per heavy atom. The van der Waals surface area contributed by atoms with Crippen LogP contribution in [0.25, 0.3) is 0 Å². The predicted octanol–water partition coefficient (Wildman–Crippen LogP) is 3.30. The van der Waals surface area contributed by atoms with Gasteiger partial charge in [0.25, 0.3) is 0 Å². The van der Waals surface area contributed by atoms with Crippen LogP contribution in [0, 0.1) is 5.82 Å². The Balaban J connectivity index is 2.35. The van der Waals surface area contributed by atoms with E-state index in [2.05, 4.69) is 18.8 Å². The van der Waals surface area contributed by atoms with Gasteiger partial charge in [0.2, 0.25) is 0 Å². The Morgan fingerprint density at radius 1 is 1.42 bits per heavy atom. The number of guanidine groups is 1. The molecule has 0 saturated carbocycles. The van der Waals surface area contributed by atoms with Crippen LogP contribution < -0.4 is 10.6 Å². The summed E-state index contributed by atoms with van der Waals surface area (Å²) in [6.45, 7) is 5.02. The van der Waals surface area contributed by atoms with Gasteiger partial charge in [-0.05, 0) is 31.0 Å². The summed E-state index contributed by atoms with van der Waals surface area (Å²) in [5, 5.41) is 0. The molecular weight excluding hydrogens is 241 g/mol. The van der Waals surface area contributed by atoms with E-state index in [1.165, 1.54) is 12.1 Å². The van der Waals surface area contributed by atoms with Gasteiger partial charge in [-0.15, -0.1) is 0 Å². The molecule has 0 radical (unpaired) electrons. The lowest BCUT2D eigenvalue weighted by molar-refractivity contribution is 0.394. The van der Waals surface area contributed by atoms with E-state index in [1.807, 2.05) is 11.0 Å². The Morgan fingerprint density at radius 3 is 2.84 bits per heavy atom. The van der Waals surface area contributed by atoms with Crippen molar-refractivity contribution < 1.29 is 4.39 Å². The first-order valence-electron chi connectivity index (χ1n) is 6.98. The second-order valence-electron chi connectivity index (χ2n) is 5.17. The van der Waals surface area contributed by atoms with E-state index in [0.29, 0.717) is 12.5 Å². The van der Waals surface area contributed by atoms with Crippen LogP contribution in [0.15, 0.2) is 29.3 Å². The molecule has 0 fully saturated rings. The van der Waals surface area contributed by atoms with Crippen molar-refractivity contribution in [3.63, 3.8) is 0 Å². The number of benzene rings is 1. The summed E-state index contributed by atoms with van der Waals surface area (Å²) in [4.78, 5) is 6.42. The molecule has 1 aromatic rings. The third-order valence-electron chi connectivity index (χ3n) is 3.96. The number of nitrogens with zero attached hydrogens (tertiary/aromatic N) is 2. The third kappa shape index (κ3) is 2.57. The molecule has 0 aliphatic carbocycles. The van der Waals surface area contributed by atoms with E-state index in [1.54, 1.807) is 6.07 Å². The molecule has 1 heterocycles. The zero-order valence-electron chi connectivity index (χ0n) is 11.7. The molecule has 0 amide bonds. The SMILES string of the molecule is CCCCC1(CC)CN=C(N)N1c1cccc(F)c1. The molecule has 2 N–H and O–H groups in total. The zero-order valence-corrected chi connectivity index (χ0v) is 11.7. The van der Waals surface area contributed by atoms with Crippen molar-refractivity contribution in [2.75, 3.05) is 11.4 Å². The van der Waals surface area contributed by atoms with Gasteiger partial charge in [-0.1, -0.05) is 32.8 Å². The lowest BCUT2D eigenvalue weighted by Gasteiger charge is -2.39. The van der Waals surface area contributed by atoms with E-state index in [4.69, 9.17) is 5.73 Å². The van der Waals surface area contributed by atoms with Crippen molar-refractivity contribution in [1.29, 1.82) is 0 Å². The Kier molecular flexibility index (Phi) is 4.08. The summed E-state index contributed by atoms with van der Waals surface area (Å²) >= 11 is 0. The van der Waals surface area contributed by atoms with Gasteiger partial charge in [0.15, 0.2) is 5.96 Å². The van der Waals surface area contributed by atoms with Crippen LogP contribution in [0.2, 0.25) is 0 Å². The van der Waals surface area contributed by atoms with Crippen LogP contribution in [0.5, 0.6) is 0 Å². The molecule has 19 heavy (non-hydrogen) atoms. The van der Waals surface area contributed by atoms with Crippen molar-refractivity contribution in [3.8, 4) is 0 Å². The highest BCUT2D eigenvalue weighted by atomic mass is 19.1. The number of halogens is 1. The normalized spacial score (nSPS) is 22.7. The molecule has 1 atom stereocenters. The second-order valence-corrected chi connectivity index (χ2v) is 5.17. The second kappa shape index (κ2) is 5.59. The molecule has 104 valence electrons. The van der Waals surface area contributed by atoms with Crippen molar-refractivity contribution in [2.24, 2.45) is 10.7 Å². The number of anilines is 1. The summed E-state index contributed by atoms with van der Waals surface area (Å²) in [5.41, 5.74) is 6.75. The first-order chi connectivity index (χ1) is 9.13. The average Bonchev–Trinajstić information content (AvgIpc) is 2.74. The number of hydrogen-bond donors (Lipinski definition) is 1. The highest BCUT2D eigenvalue weighted by Gasteiger charge is 2.41. The summed E-state index contributed by atoms with van der Waals surface area (Å²) in [5.74, 6) is 0.265. The summed E-state index contributed by atoms with van der Waals surface area (Å²) < 4.78 is 13.4. The van der Waals surface area contributed by atoms with Crippen LogP contribution in [0.4, 0.5) is 10.1 Å². The highest BCUT2D eigenvalue weighted by molar-refractivity contribution is 5.98. The Bertz CT molecular complexity index is 472. The number of aliphatic imine (C=N–C) groups is 1. The van der Waals surface area contributed by atoms with Gasteiger partial charge in [-0.25, -0.2) is 4.39 Å². The maximum atomic E-state index is 13.4. The van der Waals surface area contributed by atoms with Gasteiger partial charge in [-0.3, -0.25) is 4.99 Å². The first kappa shape index (κ1) is 13.8. The minimum atomic E-state index is -0.238. The smallest absolute Gasteiger partial charge is 0.196 e. The predicted molar refractivity (Wildman–Crippen MR) is 77.9 cm³/mol.